The summed E-state index contributed by atoms with van der Waals surface area (Å²) in [6.07, 6.45) is 5.16. The topological polar surface area (TPSA) is 96.3 Å². The average Bonchev–Trinajstić information content (AvgIpc) is 3.41. The third-order valence-corrected chi connectivity index (χ3v) is 7.21. The van der Waals surface area contributed by atoms with Crippen LogP contribution in [0.15, 0.2) is 60.8 Å². The van der Waals surface area contributed by atoms with E-state index in [9.17, 15) is 18.8 Å². The van der Waals surface area contributed by atoms with Gasteiger partial charge in [0.05, 0.1) is 11.4 Å². The van der Waals surface area contributed by atoms with Gasteiger partial charge in [0.2, 0.25) is 5.91 Å². The van der Waals surface area contributed by atoms with E-state index in [0.29, 0.717) is 23.2 Å². The highest BCUT2D eigenvalue weighted by Gasteiger charge is 2.55. The summed E-state index contributed by atoms with van der Waals surface area (Å²) in [5.41, 5.74) is 1.96. The standard InChI is InChI=1S/C27H28FN5O3/c1-18-7-5-6-14-27(18)25(35)32(26(36)30-27)17-23(34)29-15-20-16-33(22-8-3-2-4-9-22)31-24(20)19-10-12-21(28)13-11-19/h2-4,8-13,16,18H,5-7,14-15,17H2,1H3,(H,29,34)(H,30,36)/t18-,27-/m0/s1. The van der Waals surface area contributed by atoms with Crippen LogP contribution in [0.3, 0.4) is 0 Å². The lowest BCUT2D eigenvalue weighted by molar-refractivity contribution is -0.137. The molecule has 1 spiro atoms. The summed E-state index contributed by atoms with van der Waals surface area (Å²) in [4.78, 5) is 39.6. The van der Waals surface area contributed by atoms with Crippen molar-refractivity contribution >= 4 is 17.8 Å². The van der Waals surface area contributed by atoms with Crippen molar-refractivity contribution in [2.75, 3.05) is 6.54 Å². The average molecular weight is 490 g/mol. The highest BCUT2D eigenvalue weighted by Crippen LogP contribution is 2.38. The molecule has 1 aliphatic heterocycles. The molecule has 3 aromatic rings. The maximum Gasteiger partial charge on any atom is 0.325 e. The van der Waals surface area contributed by atoms with Crippen molar-refractivity contribution in [3.05, 3.63) is 72.2 Å². The number of imide groups is 1. The molecule has 2 heterocycles. The number of benzene rings is 2. The fraction of sp³-hybridized carbons (Fsp3) is 0.333. The van der Waals surface area contributed by atoms with E-state index in [2.05, 4.69) is 15.7 Å². The lowest BCUT2D eigenvalue weighted by Gasteiger charge is -2.36. The van der Waals surface area contributed by atoms with Gasteiger partial charge in [-0.1, -0.05) is 38.0 Å². The molecule has 8 nitrogen and oxygen atoms in total. The maximum absolute atomic E-state index is 13.5. The number of hydrogen-bond acceptors (Lipinski definition) is 4. The molecule has 1 aliphatic carbocycles. The second kappa shape index (κ2) is 9.56. The number of amides is 4. The summed E-state index contributed by atoms with van der Waals surface area (Å²) in [6.45, 7) is 1.75. The monoisotopic (exact) mass is 489 g/mol. The molecule has 2 aliphatic rings. The zero-order valence-corrected chi connectivity index (χ0v) is 20.0. The first-order chi connectivity index (χ1) is 17.4. The van der Waals surface area contributed by atoms with Gasteiger partial charge in [0.1, 0.15) is 17.9 Å². The largest absolute Gasteiger partial charge is 0.350 e. The molecular weight excluding hydrogens is 461 g/mol. The lowest BCUT2D eigenvalue weighted by atomic mass is 9.73. The van der Waals surface area contributed by atoms with Gasteiger partial charge < -0.3 is 10.6 Å². The van der Waals surface area contributed by atoms with Crippen molar-refractivity contribution in [2.45, 2.75) is 44.7 Å². The molecule has 0 bridgehead atoms. The van der Waals surface area contributed by atoms with Crippen molar-refractivity contribution in [3.63, 3.8) is 0 Å². The van der Waals surface area contributed by atoms with Crippen LogP contribution in [0, 0.1) is 11.7 Å². The van der Waals surface area contributed by atoms with Gasteiger partial charge in [-0.05, 0) is 55.2 Å². The van der Waals surface area contributed by atoms with E-state index in [1.807, 2.05) is 37.3 Å². The minimum absolute atomic E-state index is 0.0258. The summed E-state index contributed by atoms with van der Waals surface area (Å²) in [5, 5.41) is 10.3. The highest BCUT2D eigenvalue weighted by atomic mass is 19.1. The summed E-state index contributed by atoms with van der Waals surface area (Å²) in [5.74, 6) is -1.09. The fourth-order valence-corrected chi connectivity index (χ4v) is 5.14. The maximum atomic E-state index is 13.5. The van der Waals surface area contributed by atoms with E-state index in [4.69, 9.17) is 0 Å². The van der Waals surface area contributed by atoms with Gasteiger partial charge in [0.25, 0.3) is 5.91 Å². The zero-order valence-electron chi connectivity index (χ0n) is 20.0. The van der Waals surface area contributed by atoms with Gasteiger partial charge in [-0.25, -0.2) is 13.9 Å². The molecule has 5 rings (SSSR count). The minimum atomic E-state index is -0.901. The normalized spacial score (nSPS) is 21.6. The first kappa shape index (κ1) is 23.7. The Bertz CT molecular complexity index is 1290. The molecule has 4 amide bonds. The molecule has 1 saturated heterocycles. The van der Waals surface area contributed by atoms with Gasteiger partial charge in [-0.3, -0.25) is 14.5 Å². The van der Waals surface area contributed by atoms with Gasteiger partial charge in [0, 0.05) is 23.9 Å². The number of para-hydroxylation sites is 1. The number of nitrogens with zero attached hydrogens (tertiary/aromatic N) is 3. The third-order valence-electron chi connectivity index (χ3n) is 7.21. The number of hydrogen-bond donors (Lipinski definition) is 2. The van der Waals surface area contributed by atoms with Crippen LogP contribution in [0.1, 0.15) is 38.2 Å². The quantitative estimate of drug-likeness (QED) is 0.515. The van der Waals surface area contributed by atoms with E-state index in [-0.39, 0.29) is 30.7 Å². The third kappa shape index (κ3) is 4.36. The Balaban J connectivity index is 1.32. The van der Waals surface area contributed by atoms with Crippen LogP contribution in [0.25, 0.3) is 16.9 Å². The summed E-state index contributed by atoms with van der Waals surface area (Å²) >= 11 is 0. The number of urea groups is 1. The Hall–Kier alpha value is -4.01. The smallest absolute Gasteiger partial charge is 0.325 e. The Morgan fingerprint density at radius 1 is 1.14 bits per heavy atom. The number of nitrogens with one attached hydrogen (secondary N) is 2. The van der Waals surface area contributed by atoms with Crippen molar-refractivity contribution in [2.24, 2.45) is 5.92 Å². The van der Waals surface area contributed by atoms with Crippen molar-refractivity contribution in [1.29, 1.82) is 0 Å². The summed E-state index contributed by atoms with van der Waals surface area (Å²) in [6, 6.07) is 15.0. The molecule has 1 aromatic heterocycles. The van der Waals surface area contributed by atoms with Crippen LogP contribution in [0.5, 0.6) is 0 Å². The molecule has 186 valence electrons. The van der Waals surface area contributed by atoms with E-state index in [1.54, 1.807) is 23.0 Å². The van der Waals surface area contributed by atoms with Crippen LogP contribution in [-0.2, 0) is 16.1 Å². The Kier molecular flexibility index (Phi) is 6.30. The van der Waals surface area contributed by atoms with Crippen LogP contribution < -0.4 is 10.6 Å². The predicted molar refractivity (Wildman–Crippen MR) is 131 cm³/mol. The molecule has 2 atom stereocenters. The Labute approximate surface area is 208 Å². The lowest BCUT2D eigenvalue weighted by Crippen LogP contribution is -2.54. The predicted octanol–water partition coefficient (Wildman–Crippen LogP) is 3.80. The Morgan fingerprint density at radius 3 is 2.61 bits per heavy atom. The minimum Gasteiger partial charge on any atom is -0.350 e. The van der Waals surface area contributed by atoms with Crippen LogP contribution in [0.2, 0.25) is 0 Å². The van der Waals surface area contributed by atoms with Gasteiger partial charge in [0.15, 0.2) is 0 Å². The van der Waals surface area contributed by atoms with Crippen LogP contribution in [0.4, 0.5) is 9.18 Å². The van der Waals surface area contributed by atoms with Gasteiger partial charge in [-0.2, -0.15) is 5.10 Å². The number of carbonyl (C=O) groups excluding carboxylic acids is 3. The van der Waals surface area contributed by atoms with E-state index in [1.165, 1.54) is 12.1 Å². The van der Waals surface area contributed by atoms with Crippen molar-refractivity contribution < 1.29 is 18.8 Å². The molecule has 36 heavy (non-hydrogen) atoms. The molecule has 9 heteroatoms. The van der Waals surface area contributed by atoms with Gasteiger partial charge >= 0.3 is 6.03 Å². The van der Waals surface area contributed by atoms with Gasteiger partial charge in [-0.15, -0.1) is 0 Å². The molecule has 2 fully saturated rings. The van der Waals surface area contributed by atoms with Crippen LogP contribution >= 0.6 is 0 Å². The first-order valence-corrected chi connectivity index (χ1v) is 12.2. The first-order valence-electron chi connectivity index (χ1n) is 12.2. The SMILES string of the molecule is C[C@H]1CCCC[C@]12NC(=O)N(CC(=O)NCc1cn(-c3ccccc3)nc1-c1ccc(F)cc1)C2=O. The summed E-state index contributed by atoms with van der Waals surface area (Å²) < 4.78 is 15.2. The number of halogens is 1. The Morgan fingerprint density at radius 2 is 1.89 bits per heavy atom. The number of aromatic nitrogens is 2. The summed E-state index contributed by atoms with van der Waals surface area (Å²) in [7, 11) is 0. The van der Waals surface area contributed by atoms with Crippen molar-refractivity contribution in [1.82, 2.24) is 25.3 Å². The van der Waals surface area contributed by atoms with Crippen molar-refractivity contribution in [3.8, 4) is 16.9 Å². The van der Waals surface area contributed by atoms with E-state index in [0.717, 1.165) is 29.8 Å². The highest BCUT2D eigenvalue weighted by molar-refractivity contribution is 6.09. The number of carbonyl (C=O) groups is 3. The molecule has 0 unspecified atom stereocenters. The molecular formula is C27H28FN5O3. The van der Waals surface area contributed by atoms with E-state index < -0.39 is 17.5 Å². The second-order valence-electron chi connectivity index (χ2n) is 9.51. The van der Waals surface area contributed by atoms with E-state index >= 15 is 0 Å². The zero-order chi connectivity index (χ0) is 25.3. The number of rotatable bonds is 6. The fourth-order valence-electron chi connectivity index (χ4n) is 5.14. The molecule has 2 aromatic carbocycles. The second-order valence-corrected chi connectivity index (χ2v) is 9.51. The molecule has 2 N–H and O–H groups in total. The molecule has 0 radical (unpaired) electrons. The van der Waals surface area contributed by atoms with Crippen LogP contribution in [-0.4, -0.2) is 44.6 Å². The molecule has 1 saturated carbocycles.